The number of sulfonamides is 1. The lowest BCUT2D eigenvalue weighted by Crippen LogP contribution is -2.21. The van der Waals surface area contributed by atoms with Gasteiger partial charge in [0.2, 0.25) is 10.9 Å². The Hall–Kier alpha value is -1.34. The van der Waals surface area contributed by atoms with E-state index in [0.29, 0.717) is 0 Å². The Balaban J connectivity index is 2.97. The van der Waals surface area contributed by atoms with Crippen molar-refractivity contribution in [3.05, 3.63) is 17.9 Å². The molecule has 0 bridgehead atoms. The number of hydrogen-bond acceptors (Lipinski definition) is 5. The Labute approximate surface area is 100 Å². The zero-order valence-electron chi connectivity index (χ0n) is 10.1. The molecule has 6 nitrogen and oxygen atoms in total. The van der Waals surface area contributed by atoms with E-state index in [9.17, 15) is 13.2 Å². The summed E-state index contributed by atoms with van der Waals surface area (Å²) in [5.41, 5.74) is 0. The maximum Gasteiger partial charge on any atom is 0.374 e. The monoisotopic (exact) mass is 261 g/mol. The van der Waals surface area contributed by atoms with Gasteiger partial charge in [-0.25, -0.2) is 17.5 Å². The fraction of sp³-hybridized carbons (Fsp3) is 0.500. The van der Waals surface area contributed by atoms with E-state index in [1.54, 1.807) is 13.8 Å². The summed E-state index contributed by atoms with van der Waals surface area (Å²) < 4.78 is 34.2. The molecule has 1 aromatic heterocycles. The van der Waals surface area contributed by atoms with Crippen LogP contribution in [0.5, 0.6) is 0 Å². The van der Waals surface area contributed by atoms with E-state index >= 15 is 0 Å². The van der Waals surface area contributed by atoms with Crippen LogP contribution < -0.4 is 0 Å². The van der Waals surface area contributed by atoms with E-state index in [1.165, 1.54) is 26.2 Å². The zero-order valence-corrected chi connectivity index (χ0v) is 10.9. The highest BCUT2D eigenvalue weighted by molar-refractivity contribution is 7.88. The maximum absolute atomic E-state index is 11.7. The van der Waals surface area contributed by atoms with E-state index in [0.717, 1.165) is 4.31 Å². The molecule has 17 heavy (non-hydrogen) atoms. The third kappa shape index (κ3) is 3.07. The molecule has 1 heterocycles. The van der Waals surface area contributed by atoms with Crippen LogP contribution in [0, 0.1) is 0 Å². The van der Waals surface area contributed by atoms with Crippen molar-refractivity contribution in [1.82, 2.24) is 4.31 Å². The SMILES string of the molecule is CC(C)OC(=O)c1ccc(S(=O)(=O)N(C)C)o1. The van der Waals surface area contributed by atoms with Gasteiger partial charge in [-0.05, 0) is 26.0 Å². The maximum atomic E-state index is 11.7. The second kappa shape index (κ2) is 4.89. The highest BCUT2D eigenvalue weighted by atomic mass is 32.2. The Morgan fingerprint density at radius 1 is 1.35 bits per heavy atom. The highest BCUT2D eigenvalue weighted by Crippen LogP contribution is 2.17. The Morgan fingerprint density at radius 3 is 2.41 bits per heavy atom. The quantitative estimate of drug-likeness (QED) is 0.758. The first kappa shape index (κ1) is 13.7. The van der Waals surface area contributed by atoms with Crippen molar-refractivity contribution in [3.8, 4) is 0 Å². The number of carbonyl (C=O) groups is 1. The van der Waals surface area contributed by atoms with Crippen molar-refractivity contribution in [2.45, 2.75) is 25.0 Å². The largest absolute Gasteiger partial charge is 0.457 e. The van der Waals surface area contributed by atoms with E-state index in [-0.39, 0.29) is 17.0 Å². The summed E-state index contributed by atoms with van der Waals surface area (Å²) in [7, 11) is -0.901. The van der Waals surface area contributed by atoms with Crippen LogP contribution in [0.2, 0.25) is 0 Å². The van der Waals surface area contributed by atoms with Crippen molar-refractivity contribution >= 4 is 16.0 Å². The summed E-state index contributed by atoms with van der Waals surface area (Å²) in [6.07, 6.45) is -0.290. The number of rotatable bonds is 4. The molecule has 7 heteroatoms. The van der Waals surface area contributed by atoms with E-state index in [2.05, 4.69) is 0 Å². The topological polar surface area (TPSA) is 76.8 Å². The first-order chi connectivity index (χ1) is 7.75. The van der Waals surface area contributed by atoms with Gasteiger partial charge in [-0.15, -0.1) is 0 Å². The molecular formula is C10H15NO5S. The lowest BCUT2D eigenvalue weighted by Gasteiger charge is -2.08. The number of esters is 1. The predicted molar refractivity (Wildman–Crippen MR) is 60.1 cm³/mol. The van der Waals surface area contributed by atoms with Crippen LogP contribution in [-0.4, -0.2) is 38.9 Å². The summed E-state index contributed by atoms with van der Waals surface area (Å²) in [6, 6.07) is 2.51. The summed E-state index contributed by atoms with van der Waals surface area (Å²) in [5.74, 6) is -0.806. The van der Waals surface area contributed by atoms with Crippen molar-refractivity contribution in [2.24, 2.45) is 0 Å². The minimum Gasteiger partial charge on any atom is -0.457 e. The van der Waals surface area contributed by atoms with E-state index in [4.69, 9.17) is 9.15 Å². The van der Waals surface area contributed by atoms with E-state index < -0.39 is 16.0 Å². The molecule has 1 aromatic rings. The van der Waals surface area contributed by atoms with E-state index in [1.807, 2.05) is 0 Å². The molecule has 0 aliphatic heterocycles. The third-order valence-electron chi connectivity index (χ3n) is 1.86. The van der Waals surface area contributed by atoms with Gasteiger partial charge in [-0.1, -0.05) is 0 Å². The minimum absolute atomic E-state index is 0.126. The lowest BCUT2D eigenvalue weighted by atomic mass is 10.4. The van der Waals surface area contributed by atoms with Crippen LogP contribution >= 0.6 is 0 Å². The predicted octanol–water partition coefficient (Wildman–Crippen LogP) is 1.10. The Kier molecular flexibility index (Phi) is 3.94. The smallest absolute Gasteiger partial charge is 0.374 e. The minimum atomic E-state index is -3.66. The van der Waals surface area contributed by atoms with Crippen LogP contribution in [-0.2, 0) is 14.8 Å². The molecule has 0 atom stereocenters. The third-order valence-corrected chi connectivity index (χ3v) is 3.55. The molecule has 96 valence electrons. The molecule has 0 spiro atoms. The van der Waals surface area contributed by atoms with Gasteiger partial charge in [0.05, 0.1) is 6.10 Å². The molecule has 0 fully saturated rings. The van der Waals surface area contributed by atoms with Gasteiger partial charge in [0.15, 0.2) is 0 Å². The standard InChI is InChI=1S/C10H15NO5S/c1-7(2)15-10(12)8-5-6-9(16-8)17(13,14)11(3)4/h5-7H,1-4H3. The van der Waals surface area contributed by atoms with Crippen LogP contribution in [0.25, 0.3) is 0 Å². The molecule has 1 rings (SSSR count). The number of hydrogen-bond donors (Lipinski definition) is 0. The van der Waals surface area contributed by atoms with Crippen LogP contribution in [0.4, 0.5) is 0 Å². The average molecular weight is 261 g/mol. The summed E-state index contributed by atoms with van der Waals surface area (Å²) in [4.78, 5) is 11.4. The second-order valence-electron chi connectivity index (χ2n) is 3.86. The van der Waals surface area contributed by atoms with Crippen LogP contribution in [0.1, 0.15) is 24.4 Å². The fourth-order valence-electron chi connectivity index (χ4n) is 1.02. The van der Waals surface area contributed by atoms with Gasteiger partial charge in [0.25, 0.3) is 10.0 Å². The Bertz CT molecular complexity index is 501. The summed E-state index contributed by atoms with van der Waals surface area (Å²) in [5, 5.41) is -0.279. The molecule has 0 aromatic carbocycles. The summed E-state index contributed by atoms with van der Waals surface area (Å²) in [6.45, 7) is 3.39. The zero-order chi connectivity index (χ0) is 13.2. The molecular weight excluding hydrogens is 246 g/mol. The lowest BCUT2D eigenvalue weighted by molar-refractivity contribution is 0.0335. The fourth-order valence-corrected chi connectivity index (χ4v) is 1.82. The van der Waals surface area contributed by atoms with Crippen molar-refractivity contribution < 1.29 is 22.4 Å². The highest BCUT2D eigenvalue weighted by Gasteiger charge is 2.24. The molecule has 0 saturated heterocycles. The van der Waals surface area contributed by atoms with Crippen molar-refractivity contribution in [3.63, 3.8) is 0 Å². The molecule has 0 unspecified atom stereocenters. The Morgan fingerprint density at radius 2 is 1.94 bits per heavy atom. The first-order valence-electron chi connectivity index (χ1n) is 4.98. The number of furan rings is 1. The van der Waals surface area contributed by atoms with Gasteiger partial charge in [-0.3, -0.25) is 0 Å². The van der Waals surface area contributed by atoms with Crippen LogP contribution in [0.15, 0.2) is 21.6 Å². The van der Waals surface area contributed by atoms with Crippen molar-refractivity contribution in [2.75, 3.05) is 14.1 Å². The van der Waals surface area contributed by atoms with Gasteiger partial charge < -0.3 is 9.15 Å². The molecule has 0 aliphatic carbocycles. The first-order valence-corrected chi connectivity index (χ1v) is 6.42. The van der Waals surface area contributed by atoms with Gasteiger partial charge in [0, 0.05) is 14.1 Å². The molecule has 0 N–H and O–H groups in total. The van der Waals surface area contributed by atoms with Gasteiger partial charge >= 0.3 is 5.97 Å². The normalized spacial score (nSPS) is 12.1. The number of carbonyl (C=O) groups excluding carboxylic acids is 1. The number of nitrogens with zero attached hydrogens (tertiary/aromatic N) is 1. The van der Waals surface area contributed by atoms with Crippen molar-refractivity contribution in [1.29, 1.82) is 0 Å². The van der Waals surface area contributed by atoms with Crippen LogP contribution in [0.3, 0.4) is 0 Å². The average Bonchev–Trinajstić information content (AvgIpc) is 2.65. The number of ether oxygens (including phenoxy) is 1. The molecule has 0 aliphatic rings. The molecule has 0 saturated carbocycles. The summed E-state index contributed by atoms with van der Waals surface area (Å²) >= 11 is 0. The molecule has 0 amide bonds. The van der Waals surface area contributed by atoms with Gasteiger partial charge in [0.1, 0.15) is 0 Å². The molecule has 0 radical (unpaired) electrons. The second-order valence-corrected chi connectivity index (χ2v) is 5.94. The van der Waals surface area contributed by atoms with Gasteiger partial charge in [-0.2, -0.15) is 0 Å².